The third-order valence-electron chi connectivity index (χ3n) is 3.95. The molecule has 0 N–H and O–H groups in total. The zero-order chi connectivity index (χ0) is 16.4. The summed E-state index contributed by atoms with van der Waals surface area (Å²) in [5, 5.41) is 12.7. The molecule has 0 heterocycles. The van der Waals surface area contributed by atoms with Crippen LogP contribution in [0.4, 0.5) is 5.69 Å². The quantitative estimate of drug-likeness (QED) is 0.637. The number of methoxy groups -OCH3 is 2. The van der Waals surface area contributed by atoms with Crippen molar-refractivity contribution in [3.63, 3.8) is 0 Å². The summed E-state index contributed by atoms with van der Waals surface area (Å²) in [5.41, 5.74) is 1.02. The summed E-state index contributed by atoms with van der Waals surface area (Å²) in [7, 11) is 3.23. The summed E-state index contributed by atoms with van der Waals surface area (Å²) in [6, 6.07) is 10.7. The van der Waals surface area contributed by atoms with Crippen molar-refractivity contribution in [3.8, 4) is 0 Å². The minimum Gasteiger partial charge on any atom is -0.497 e. The van der Waals surface area contributed by atoms with Gasteiger partial charge in [0.05, 0.1) is 29.4 Å². The van der Waals surface area contributed by atoms with E-state index < -0.39 is 0 Å². The Morgan fingerprint density at radius 3 is 2.43 bits per heavy atom. The van der Waals surface area contributed by atoms with Crippen molar-refractivity contribution in [2.24, 2.45) is 0 Å². The molecule has 1 aliphatic rings. The lowest BCUT2D eigenvalue weighted by atomic mass is 9.86. The molecule has 0 amide bonds. The molecule has 0 aliphatic heterocycles. The second kappa shape index (κ2) is 6.22. The molecule has 1 aliphatic carbocycles. The van der Waals surface area contributed by atoms with Gasteiger partial charge in [-0.3, -0.25) is 10.1 Å². The predicted molar refractivity (Wildman–Crippen MR) is 88.0 cm³/mol. The first kappa shape index (κ1) is 15.2. The summed E-state index contributed by atoms with van der Waals surface area (Å²) < 4.78 is 10.8. The Morgan fingerprint density at radius 2 is 1.78 bits per heavy atom. The monoisotopic (exact) mass is 310 g/mol. The highest BCUT2D eigenvalue weighted by molar-refractivity contribution is 5.95. The highest BCUT2D eigenvalue weighted by atomic mass is 16.6. The number of fused-ring (bicyclic) bond motifs is 1. The van der Waals surface area contributed by atoms with Crippen LogP contribution in [0.25, 0.3) is 10.8 Å². The molecule has 5 heteroatoms. The third-order valence-corrected chi connectivity index (χ3v) is 3.95. The van der Waals surface area contributed by atoms with Crippen LogP contribution in [-0.2, 0) is 9.47 Å². The number of nitro benzene ring substituents is 1. The van der Waals surface area contributed by atoms with Crippen molar-refractivity contribution in [1.29, 1.82) is 0 Å². The Labute approximate surface area is 134 Å². The molecule has 1 atom stereocenters. The topological polar surface area (TPSA) is 61.6 Å². The number of non-ortho nitro benzene ring substituents is 1. The SMILES string of the molecule is COC1=CC(OC)[C](c2ccc([N+](=O)[O-])c3ccccc23)C=C1. The van der Waals surface area contributed by atoms with Crippen molar-refractivity contribution in [2.75, 3.05) is 14.2 Å². The Morgan fingerprint density at radius 1 is 1.04 bits per heavy atom. The maximum atomic E-state index is 11.2. The van der Waals surface area contributed by atoms with E-state index in [0.29, 0.717) is 5.39 Å². The van der Waals surface area contributed by atoms with Crippen LogP contribution in [0.1, 0.15) is 5.56 Å². The Bertz CT molecular complexity index is 810. The largest absolute Gasteiger partial charge is 0.497 e. The molecule has 0 saturated carbocycles. The maximum absolute atomic E-state index is 11.2. The predicted octanol–water partition coefficient (Wildman–Crippen LogP) is 3.79. The molecule has 5 nitrogen and oxygen atoms in total. The van der Waals surface area contributed by atoms with Crippen LogP contribution in [0.3, 0.4) is 0 Å². The molecule has 23 heavy (non-hydrogen) atoms. The zero-order valence-corrected chi connectivity index (χ0v) is 12.9. The van der Waals surface area contributed by atoms with Gasteiger partial charge in [-0.05, 0) is 29.2 Å². The van der Waals surface area contributed by atoms with Crippen LogP contribution >= 0.6 is 0 Å². The number of rotatable bonds is 4. The fraction of sp³-hybridized carbons (Fsp3) is 0.167. The van der Waals surface area contributed by atoms with Gasteiger partial charge in [-0.25, -0.2) is 0 Å². The van der Waals surface area contributed by atoms with Gasteiger partial charge in [0, 0.05) is 13.2 Å². The fourth-order valence-electron chi connectivity index (χ4n) is 2.83. The number of nitro groups is 1. The van der Waals surface area contributed by atoms with Crippen LogP contribution < -0.4 is 0 Å². The first-order valence-electron chi connectivity index (χ1n) is 7.15. The summed E-state index contributed by atoms with van der Waals surface area (Å²) in [5.74, 6) is 1.67. The number of allylic oxidation sites excluding steroid dienone is 1. The third kappa shape index (κ3) is 2.71. The van der Waals surface area contributed by atoms with E-state index in [0.717, 1.165) is 22.6 Å². The van der Waals surface area contributed by atoms with E-state index in [9.17, 15) is 10.1 Å². The molecule has 1 radical (unpaired) electrons. The number of benzene rings is 2. The van der Waals surface area contributed by atoms with E-state index in [1.54, 1.807) is 38.5 Å². The Balaban J connectivity index is 2.14. The molecule has 0 fully saturated rings. The van der Waals surface area contributed by atoms with Gasteiger partial charge in [-0.1, -0.05) is 30.3 Å². The normalized spacial score (nSPS) is 18.0. The van der Waals surface area contributed by atoms with Crippen LogP contribution in [0.5, 0.6) is 0 Å². The first-order chi connectivity index (χ1) is 11.2. The fourth-order valence-corrected chi connectivity index (χ4v) is 2.83. The number of nitrogens with zero attached hydrogens (tertiary/aromatic N) is 1. The average molecular weight is 310 g/mol. The van der Waals surface area contributed by atoms with Crippen molar-refractivity contribution in [2.45, 2.75) is 6.10 Å². The van der Waals surface area contributed by atoms with E-state index in [-0.39, 0.29) is 16.7 Å². The summed E-state index contributed by atoms with van der Waals surface area (Å²) in [4.78, 5) is 10.9. The highest BCUT2D eigenvalue weighted by Gasteiger charge is 2.27. The van der Waals surface area contributed by atoms with Crippen LogP contribution in [0, 0.1) is 16.0 Å². The minimum atomic E-state index is -0.357. The van der Waals surface area contributed by atoms with Gasteiger partial charge in [0.1, 0.15) is 5.76 Å². The van der Waals surface area contributed by atoms with E-state index in [1.807, 2.05) is 30.4 Å². The molecular formula is C18H16NO4. The standard InChI is InChI=1S/C18H16NO4/c1-22-12-7-8-16(18(11-12)23-2)14-9-10-17(19(20)21)15-6-4-3-5-13(14)15/h3-11,18H,1-2H3. The van der Waals surface area contributed by atoms with E-state index in [4.69, 9.17) is 9.47 Å². The second-order valence-electron chi connectivity index (χ2n) is 5.15. The summed E-state index contributed by atoms with van der Waals surface area (Å²) in [6.45, 7) is 0. The van der Waals surface area contributed by atoms with Gasteiger partial charge in [0.15, 0.2) is 0 Å². The molecule has 0 saturated heterocycles. The lowest BCUT2D eigenvalue weighted by Crippen LogP contribution is -2.21. The van der Waals surface area contributed by atoms with E-state index >= 15 is 0 Å². The summed E-state index contributed by atoms with van der Waals surface area (Å²) >= 11 is 0. The van der Waals surface area contributed by atoms with Crippen LogP contribution in [0.15, 0.2) is 60.4 Å². The first-order valence-corrected chi connectivity index (χ1v) is 7.15. The Hall–Kier alpha value is -2.66. The van der Waals surface area contributed by atoms with Gasteiger partial charge < -0.3 is 9.47 Å². The van der Waals surface area contributed by atoms with Crippen molar-refractivity contribution in [3.05, 3.63) is 82.0 Å². The van der Waals surface area contributed by atoms with Crippen molar-refractivity contribution < 1.29 is 14.4 Å². The van der Waals surface area contributed by atoms with Crippen LogP contribution in [0.2, 0.25) is 0 Å². The van der Waals surface area contributed by atoms with Crippen LogP contribution in [-0.4, -0.2) is 25.2 Å². The number of hydrogen-bond donors (Lipinski definition) is 0. The molecular weight excluding hydrogens is 294 g/mol. The molecule has 2 aromatic rings. The van der Waals surface area contributed by atoms with E-state index in [2.05, 4.69) is 0 Å². The number of ether oxygens (including phenoxy) is 2. The number of hydrogen-bond acceptors (Lipinski definition) is 4. The maximum Gasteiger partial charge on any atom is 0.277 e. The molecule has 0 bridgehead atoms. The van der Waals surface area contributed by atoms with Gasteiger partial charge in [-0.15, -0.1) is 0 Å². The lowest BCUT2D eigenvalue weighted by Gasteiger charge is -2.25. The van der Waals surface area contributed by atoms with Crippen molar-refractivity contribution >= 4 is 16.5 Å². The molecule has 117 valence electrons. The molecule has 3 rings (SSSR count). The minimum absolute atomic E-state index is 0.104. The molecule has 0 spiro atoms. The summed E-state index contributed by atoms with van der Waals surface area (Å²) in [6.07, 6.45) is 5.41. The molecule has 2 aromatic carbocycles. The molecule has 1 unspecified atom stereocenters. The van der Waals surface area contributed by atoms with Gasteiger partial charge in [-0.2, -0.15) is 0 Å². The highest BCUT2D eigenvalue weighted by Crippen LogP contribution is 2.36. The molecule has 0 aromatic heterocycles. The lowest BCUT2D eigenvalue weighted by molar-refractivity contribution is -0.383. The van der Waals surface area contributed by atoms with Gasteiger partial charge >= 0.3 is 0 Å². The smallest absolute Gasteiger partial charge is 0.277 e. The van der Waals surface area contributed by atoms with Gasteiger partial charge in [0.2, 0.25) is 0 Å². The zero-order valence-electron chi connectivity index (χ0n) is 12.9. The van der Waals surface area contributed by atoms with E-state index in [1.165, 1.54) is 0 Å². The van der Waals surface area contributed by atoms with Gasteiger partial charge in [0.25, 0.3) is 5.69 Å². The Kier molecular flexibility index (Phi) is 4.12. The van der Waals surface area contributed by atoms with Crippen molar-refractivity contribution in [1.82, 2.24) is 0 Å². The second-order valence-corrected chi connectivity index (χ2v) is 5.15. The average Bonchev–Trinajstić information content (AvgIpc) is 2.60.